The summed E-state index contributed by atoms with van der Waals surface area (Å²) < 4.78 is 15.0. The minimum Gasteiger partial charge on any atom is -0.478 e. The summed E-state index contributed by atoms with van der Waals surface area (Å²) in [7, 11) is 1.79. The van der Waals surface area contributed by atoms with Crippen molar-refractivity contribution < 1.29 is 14.3 Å². The zero-order valence-electron chi connectivity index (χ0n) is 10.9. The molecule has 7 heteroatoms. The van der Waals surface area contributed by atoms with Crippen molar-refractivity contribution >= 4 is 29.3 Å². The van der Waals surface area contributed by atoms with Crippen molar-refractivity contribution in [3.63, 3.8) is 0 Å². The summed E-state index contributed by atoms with van der Waals surface area (Å²) in [5, 5.41) is 13.7. The predicted molar refractivity (Wildman–Crippen MR) is 75.9 cm³/mol. The van der Waals surface area contributed by atoms with E-state index in [0.29, 0.717) is 15.7 Å². The fraction of sp³-hybridized carbons (Fsp3) is 0.231. The van der Waals surface area contributed by atoms with E-state index in [2.05, 4.69) is 5.10 Å². The summed E-state index contributed by atoms with van der Waals surface area (Å²) in [5.74, 6) is -1.49. The molecule has 1 heterocycles. The van der Waals surface area contributed by atoms with E-state index in [1.54, 1.807) is 17.8 Å². The van der Waals surface area contributed by atoms with Gasteiger partial charge in [-0.25, -0.2) is 9.18 Å². The number of aromatic nitrogens is 2. The zero-order chi connectivity index (χ0) is 14.9. The molecule has 1 aromatic carbocycles. The second kappa shape index (κ2) is 5.85. The molecule has 0 amide bonds. The Hall–Kier alpha value is -1.53. The molecule has 2 aromatic rings. The first-order valence-corrected chi connectivity index (χ1v) is 7.10. The first kappa shape index (κ1) is 14.9. The third-order valence-corrected chi connectivity index (χ3v) is 4.30. The van der Waals surface area contributed by atoms with Gasteiger partial charge in [0.15, 0.2) is 0 Å². The SMILES string of the molecule is Cc1nn(C)c(CSc2ccc(F)c(C(=O)O)c2)c1Cl. The van der Waals surface area contributed by atoms with Crippen molar-refractivity contribution in [3.05, 3.63) is 46.0 Å². The van der Waals surface area contributed by atoms with Crippen LogP contribution in [0.2, 0.25) is 5.02 Å². The third-order valence-electron chi connectivity index (χ3n) is 2.81. The zero-order valence-corrected chi connectivity index (χ0v) is 12.4. The second-order valence-corrected chi connectivity index (χ2v) is 5.63. The molecule has 2 rings (SSSR count). The van der Waals surface area contributed by atoms with Gasteiger partial charge in [0.1, 0.15) is 5.82 Å². The Kier molecular flexibility index (Phi) is 4.35. The van der Waals surface area contributed by atoms with Crippen LogP contribution in [0.3, 0.4) is 0 Å². The number of carbonyl (C=O) groups is 1. The average molecular weight is 315 g/mol. The number of rotatable bonds is 4. The summed E-state index contributed by atoms with van der Waals surface area (Å²) in [5.41, 5.74) is 1.26. The Balaban J connectivity index is 2.19. The van der Waals surface area contributed by atoms with Gasteiger partial charge in [-0.1, -0.05) is 11.6 Å². The molecule has 106 valence electrons. The van der Waals surface area contributed by atoms with Gasteiger partial charge in [0, 0.05) is 17.7 Å². The van der Waals surface area contributed by atoms with Gasteiger partial charge in [0.25, 0.3) is 0 Å². The Labute approximate surface area is 124 Å². The number of aryl methyl sites for hydroxylation is 2. The van der Waals surface area contributed by atoms with Crippen molar-refractivity contribution in [2.75, 3.05) is 0 Å². The fourth-order valence-corrected chi connectivity index (χ4v) is 3.05. The molecule has 20 heavy (non-hydrogen) atoms. The molecule has 0 fully saturated rings. The second-order valence-electron chi connectivity index (χ2n) is 4.21. The van der Waals surface area contributed by atoms with Crippen molar-refractivity contribution in [3.8, 4) is 0 Å². The van der Waals surface area contributed by atoms with Crippen LogP contribution in [-0.2, 0) is 12.8 Å². The maximum atomic E-state index is 13.3. The average Bonchev–Trinajstić information content (AvgIpc) is 2.62. The lowest BCUT2D eigenvalue weighted by Gasteiger charge is -2.05. The molecule has 0 spiro atoms. The van der Waals surface area contributed by atoms with Gasteiger partial charge in [-0.15, -0.1) is 11.8 Å². The lowest BCUT2D eigenvalue weighted by Crippen LogP contribution is -2.00. The van der Waals surface area contributed by atoms with Crippen LogP contribution in [0, 0.1) is 12.7 Å². The topological polar surface area (TPSA) is 55.1 Å². The van der Waals surface area contributed by atoms with E-state index in [0.717, 1.165) is 17.5 Å². The van der Waals surface area contributed by atoms with Gasteiger partial charge >= 0.3 is 5.97 Å². The molecular formula is C13H12ClFN2O2S. The molecule has 0 aliphatic heterocycles. The summed E-state index contributed by atoms with van der Waals surface area (Å²) in [4.78, 5) is 11.5. The number of aromatic carboxylic acids is 1. The van der Waals surface area contributed by atoms with E-state index in [4.69, 9.17) is 16.7 Å². The number of halogens is 2. The van der Waals surface area contributed by atoms with Gasteiger partial charge in [-0.3, -0.25) is 4.68 Å². The number of hydrogen-bond acceptors (Lipinski definition) is 3. The number of carboxylic acids is 1. The van der Waals surface area contributed by atoms with Gasteiger partial charge < -0.3 is 5.11 Å². The number of benzene rings is 1. The van der Waals surface area contributed by atoms with Crippen LogP contribution in [0.15, 0.2) is 23.1 Å². The van der Waals surface area contributed by atoms with E-state index in [-0.39, 0.29) is 5.56 Å². The van der Waals surface area contributed by atoms with E-state index in [1.165, 1.54) is 17.8 Å². The molecule has 0 unspecified atom stereocenters. The largest absolute Gasteiger partial charge is 0.478 e. The van der Waals surface area contributed by atoms with E-state index in [1.807, 2.05) is 6.92 Å². The first-order chi connectivity index (χ1) is 9.40. The molecule has 0 saturated heterocycles. The number of nitrogens with zero attached hydrogens (tertiary/aromatic N) is 2. The number of hydrogen-bond donors (Lipinski definition) is 1. The molecular weight excluding hydrogens is 303 g/mol. The monoisotopic (exact) mass is 314 g/mol. The van der Waals surface area contributed by atoms with Crippen LogP contribution in [0.1, 0.15) is 21.7 Å². The maximum absolute atomic E-state index is 13.3. The van der Waals surface area contributed by atoms with Gasteiger partial charge in [0.05, 0.1) is 22.0 Å². The Morgan fingerprint density at radius 1 is 1.55 bits per heavy atom. The third kappa shape index (κ3) is 2.96. The summed E-state index contributed by atoms with van der Waals surface area (Å²) in [6.45, 7) is 1.82. The molecule has 4 nitrogen and oxygen atoms in total. The highest BCUT2D eigenvalue weighted by molar-refractivity contribution is 7.98. The number of carboxylic acid groups (broad SMARTS) is 1. The van der Waals surface area contributed by atoms with Gasteiger partial charge in [0.2, 0.25) is 0 Å². The van der Waals surface area contributed by atoms with Gasteiger partial charge in [-0.2, -0.15) is 5.10 Å². The van der Waals surface area contributed by atoms with Gasteiger partial charge in [-0.05, 0) is 25.1 Å². The maximum Gasteiger partial charge on any atom is 0.338 e. The highest BCUT2D eigenvalue weighted by Gasteiger charge is 2.14. The summed E-state index contributed by atoms with van der Waals surface area (Å²) in [6.07, 6.45) is 0. The highest BCUT2D eigenvalue weighted by Crippen LogP contribution is 2.29. The number of thioether (sulfide) groups is 1. The lowest BCUT2D eigenvalue weighted by atomic mass is 10.2. The smallest absolute Gasteiger partial charge is 0.338 e. The Morgan fingerprint density at radius 3 is 2.80 bits per heavy atom. The van der Waals surface area contributed by atoms with Crippen LogP contribution < -0.4 is 0 Å². The van der Waals surface area contributed by atoms with E-state index in [9.17, 15) is 9.18 Å². The molecule has 1 aromatic heterocycles. The minimum atomic E-state index is -1.28. The normalized spacial score (nSPS) is 10.8. The van der Waals surface area contributed by atoms with Crippen LogP contribution in [-0.4, -0.2) is 20.9 Å². The van der Waals surface area contributed by atoms with Crippen LogP contribution in [0.25, 0.3) is 0 Å². The molecule has 0 saturated carbocycles. The van der Waals surface area contributed by atoms with Crippen molar-refractivity contribution in [1.29, 1.82) is 0 Å². The highest BCUT2D eigenvalue weighted by atomic mass is 35.5. The molecule has 0 atom stereocenters. The summed E-state index contributed by atoms with van der Waals surface area (Å²) in [6, 6.07) is 4.02. The van der Waals surface area contributed by atoms with Crippen molar-refractivity contribution in [2.45, 2.75) is 17.6 Å². The minimum absolute atomic E-state index is 0.331. The lowest BCUT2D eigenvalue weighted by molar-refractivity contribution is 0.0691. The molecule has 1 N–H and O–H groups in total. The van der Waals surface area contributed by atoms with Crippen LogP contribution >= 0.6 is 23.4 Å². The summed E-state index contributed by atoms with van der Waals surface area (Å²) >= 11 is 7.52. The quantitative estimate of drug-likeness (QED) is 0.877. The molecule has 0 radical (unpaired) electrons. The Morgan fingerprint density at radius 2 is 2.25 bits per heavy atom. The van der Waals surface area contributed by atoms with Crippen LogP contribution in [0.4, 0.5) is 4.39 Å². The first-order valence-electron chi connectivity index (χ1n) is 5.73. The standard InChI is InChI=1S/C13H12ClFN2O2S/c1-7-12(14)11(17(2)16-7)6-20-8-3-4-10(15)9(5-8)13(18)19/h3-5H,6H2,1-2H3,(H,18,19). The molecule has 0 bridgehead atoms. The predicted octanol–water partition coefficient (Wildman–Crippen LogP) is 3.51. The Bertz CT molecular complexity index is 673. The van der Waals surface area contributed by atoms with Crippen molar-refractivity contribution in [1.82, 2.24) is 9.78 Å². The molecule has 0 aliphatic carbocycles. The van der Waals surface area contributed by atoms with E-state index < -0.39 is 11.8 Å². The molecule has 0 aliphatic rings. The fourth-order valence-electron chi connectivity index (χ4n) is 1.75. The van der Waals surface area contributed by atoms with Crippen LogP contribution in [0.5, 0.6) is 0 Å². The van der Waals surface area contributed by atoms with E-state index >= 15 is 0 Å². The van der Waals surface area contributed by atoms with Crippen molar-refractivity contribution in [2.24, 2.45) is 7.05 Å².